The topological polar surface area (TPSA) is 85.1 Å². The maximum absolute atomic E-state index is 5.69. The van der Waals surface area contributed by atoms with Gasteiger partial charge in [0.1, 0.15) is 24.0 Å². The van der Waals surface area contributed by atoms with Crippen LogP contribution in [-0.2, 0) is 0 Å². The lowest BCUT2D eigenvalue weighted by molar-refractivity contribution is 0.333. The molecule has 0 spiro atoms. The van der Waals surface area contributed by atoms with Gasteiger partial charge in [-0.25, -0.2) is 0 Å². The van der Waals surface area contributed by atoms with Gasteiger partial charge < -0.3 is 21.1 Å². The number of hydrogen-bond donors (Lipinski definition) is 3. The van der Waals surface area contributed by atoms with Crippen molar-refractivity contribution in [3.05, 3.63) is 36.4 Å². The predicted molar refractivity (Wildman–Crippen MR) is 85.7 cm³/mol. The molecule has 0 saturated carbocycles. The average Bonchev–Trinajstić information content (AvgIpc) is 2.50. The second-order valence-electron chi connectivity index (χ2n) is 4.51. The van der Waals surface area contributed by atoms with Crippen LogP contribution in [0.5, 0.6) is 5.75 Å². The van der Waals surface area contributed by atoms with Gasteiger partial charge in [0, 0.05) is 12.6 Å². The highest BCUT2D eigenvalue weighted by Gasteiger charge is 2.01. The zero-order chi connectivity index (χ0) is 14.9. The summed E-state index contributed by atoms with van der Waals surface area (Å²) in [7, 11) is 0. The van der Waals surface area contributed by atoms with E-state index < -0.39 is 0 Å². The highest BCUT2D eigenvalue weighted by molar-refractivity contribution is 5.50. The standard InChI is InChI=1S/C15H21N5O/c1-2-8-17-13-11-14(20-15(16)19-13)18-9-10-21-12-6-4-3-5-7-12/h3-7,11H,2,8-10H2,1H3,(H4,16,17,18,19,20). The maximum Gasteiger partial charge on any atom is 0.223 e. The lowest BCUT2D eigenvalue weighted by Crippen LogP contribution is -2.14. The van der Waals surface area contributed by atoms with Crippen molar-refractivity contribution in [1.82, 2.24) is 9.97 Å². The quantitative estimate of drug-likeness (QED) is 0.646. The largest absolute Gasteiger partial charge is 0.492 e. The first-order chi connectivity index (χ1) is 10.3. The van der Waals surface area contributed by atoms with Crippen molar-refractivity contribution in [3.8, 4) is 5.75 Å². The number of ether oxygens (including phenoxy) is 1. The van der Waals surface area contributed by atoms with E-state index in [1.807, 2.05) is 36.4 Å². The van der Waals surface area contributed by atoms with Gasteiger partial charge in [0.2, 0.25) is 5.95 Å². The van der Waals surface area contributed by atoms with Gasteiger partial charge in [0.25, 0.3) is 0 Å². The molecule has 0 radical (unpaired) electrons. The second kappa shape index (κ2) is 7.94. The van der Waals surface area contributed by atoms with Gasteiger partial charge in [-0.1, -0.05) is 25.1 Å². The maximum atomic E-state index is 5.69. The average molecular weight is 287 g/mol. The number of nitrogens with one attached hydrogen (secondary N) is 2. The van der Waals surface area contributed by atoms with Gasteiger partial charge in [-0.15, -0.1) is 0 Å². The highest BCUT2D eigenvalue weighted by Crippen LogP contribution is 2.12. The first-order valence-electron chi connectivity index (χ1n) is 7.08. The Morgan fingerprint density at radius 3 is 2.38 bits per heavy atom. The van der Waals surface area contributed by atoms with E-state index in [9.17, 15) is 0 Å². The fourth-order valence-electron chi connectivity index (χ4n) is 1.76. The summed E-state index contributed by atoms with van der Waals surface area (Å²) in [4.78, 5) is 8.28. The summed E-state index contributed by atoms with van der Waals surface area (Å²) in [6.07, 6.45) is 1.03. The van der Waals surface area contributed by atoms with E-state index in [4.69, 9.17) is 10.5 Å². The monoisotopic (exact) mass is 287 g/mol. The highest BCUT2D eigenvalue weighted by atomic mass is 16.5. The molecule has 0 aliphatic rings. The lowest BCUT2D eigenvalue weighted by Gasteiger charge is -2.10. The Balaban J connectivity index is 1.81. The number of aromatic nitrogens is 2. The van der Waals surface area contributed by atoms with Crippen LogP contribution in [0.25, 0.3) is 0 Å². The molecule has 1 heterocycles. The van der Waals surface area contributed by atoms with Crippen molar-refractivity contribution in [3.63, 3.8) is 0 Å². The molecule has 6 nitrogen and oxygen atoms in total. The third kappa shape index (κ3) is 5.18. The van der Waals surface area contributed by atoms with Crippen LogP contribution in [0.4, 0.5) is 17.6 Å². The van der Waals surface area contributed by atoms with E-state index in [1.54, 1.807) is 0 Å². The van der Waals surface area contributed by atoms with Crippen molar-refractivity contribution >= 4 is 17.6 Å². The van der Waals surface area contributed by atoms with Crippen LogP contribution in [0.1, 0.15) is 13.3 Å². The van der Waals surface area contributed by atoms with E-state index in [2.05, 4.69) is 27.5 Å². The predicted octanol–water partition coefficient (Wildman–Crippen LogP) is 2.37. The second-order valence-corrected chi connectivity index (χ2v) is 4.51. The van der Waals surface area contributed by atoms with Crippen molar-refractivity contribution < 1.29 is 4.74 Å². The normalized spacial score (nSPS) is 10.1. The molecule has 0 unspecified atom stereocenters. The molecule has 0 fully saturated rings. The minimum absolute atomic E-state index is 0.252. The van der Waals surface area contributed by atoms with Gasteiger partial charge >= 0.3 is 0 Å². The van der Waals surface area contributed by atoms with Gasteiger partial charge in [0.15, 0.2) is 0 Å². The summed E-state index contributed by atoms with van der Waals surface area (Å²) in [6.45, 7) is 4.13. The molecule has 1 aromatic heterocycles. The van der Waals surface area contributed by atoms with Gasteiger partial charge in [-0.2, -0.15) is 9.97 Å². The Bertz CT molecular complexity index is 547. The van der Waals surface area contributed by atoms with E-state index in [-0.39, 0.29) is 5.95 Å². The summed E-state index contributed by atoms with van der Waals surface area (Å²) in [5, 5.41) is 6.37. The Kier molecular flexibility index (Phi) is 5.63. The van der Waals surface area contributed by atoms with Crippen LogP contribution in [0.15, 0.2) is 36.4 Å². The summed E-state index contributed by atoms with van der Waals surface area (Å²) < 4.78 is 5.60. The Hall–Kier alpha value is -2.50. The van der Waals surface area contributed by atoms with Crippen LogP contribution in [0.2, 0.25) is 0 Å². The van der Waals surface area contributed by atoms with Gasteiger partial charge in [-0.05, 0) is 18.6 Å². The SMILES string of the molecule is CCCNc1cc(NCCOc2ccccc2)nc(N)n1. The molecule has 0 aliphatic carbocycles. The van der Waals surface area contributed by atoms with Crippen LogP contribution >= 0.6 is 0 Å². The molecular weight excluding hydrogens is 266 g/mol. The zero-order valence-electron chi connectivity index (χ0n) is 12.2. The number of para-hydroxylation sites is 1. The van der Waals surface area contributed by atoms with E-state index in [0.29, 0.717) is 19.0 Å². The molecule has 1 aromatic carbocycles. The third-order valence-corrected chi connectivity index (χ3v) is 2.72. The molecule has 21 heavy (non-hydrogen) atoms. The van der Waals surface area contributed by atoms with E-state index >= 15 is 0 Å². The number of nitrogen functional groups attached to an aromatic ring is 1. The summed E-state index contributed by atoms with van der Waals surface area (Å²) in [5.74, 6) is 2.53. The van der Waals surface area contributed by atoms with E-state index in [0.717, 1.165) is 24.5 Å². The zero-order valence-corrected chi connectivity index (χ0v) is 12.2. The van der Waals surface area contributed by atoms with Crippen molar-refractivity contribution in [2.45, 2.75) is 13.3 Å². The first kappa shape index (κ1) is 14.9. The Labute approximate surface area is 124 Å². The third-order valence-electron chi connectivity index (χ3n) is 2.72. The molecule has 2 aromatic rings. The molecule has 4 N–H and O–H groups in total. The lowest BCUT2D eigenvalue weighted by atomic mass is 10.3. The molecule has 0 bridgehead atoms. The fraction of sp³-hybridized carbons (Fsp3) is 0.333. The van der Waals surface area contributed by atoms with Crippen LogP contribution < -0.4 is 21.1 Å². The number of nitrogens with zero attached hydrogens (tertiary/aromatic N) is 2. The molecule has 2 rings (SSSR count). The summed E-state index contributed by atoms with van der Waals surface area (Å²) in [5.41, 5.74) is 5.69. The fourth-order valence-corrected chi connectivity index (χ4v) is 1.76. The van der Waals surface area contributed by atoms with Crippen molar-refractivity contribution in [1.29, 1.82) is 0 Å². The smallest absolute Gasteiger partial charge is 0.223 e. The number of nitrogens with two attached hydrogens (primary N) is 1. The van der Waals surface area contributed by atoms with Gasteiger partial charge in [0.05, 0.1) is 6.54 Å². The van der Waals surface area contributed by atoms with Crippen LogP contribution in [0, 0.1) is 0 Å². The first-order valence-corrected chi connectivity index (χ1v) is 7.08. The summed E-state index contributed by atoms with van der Waals surface area (Å²) >= 11 is 0. The van der Waals surface area contributed by atoms with Gasteiger partial charge in [-0.3, -0.25) is 0 Å². The van der Waals surface area contributed by atoms with E-state index in [1.165, 1.54) is 0 Å². The summed E-state index contributed by atoms with van der Waals surface area (Å²) in [6, 6.07) is 11.5. The number of anilines is 3. The molecular formula is C15H21N5O. The minimum Gasteiger partial charge on any atom is -0.492 e. The molecule has 6 heteroatoms. The number of rotatable bonds is 8. The van der Waals surface area contributed by atoms with Crippen molar-refractivity contribution in [2.75, 3.05) is 36.1 Å². The molecule has 0 amide bonds. The minimum atomic E-state index is 0.252. The Morgan fingerprint density at radius 1 is 1.05 bits per heavy atom. The van der Waals surface area contributed by atoms with Crippen molar-refractivity contribution in [2.24, 2.45) is 0 Å². The Morgan fingerprint density at radius 2 is 1.71 bits per heavy atom. The van der Waals surface area contributed by atoms with Crippen LogP contribution in [-0.4, -0.2) is 29.7 Å². The number of benzene rings is 1. The molecule has 0 aliphatic heterocycles. The molecule has 0 atom stereocenters. The molecule has 0 saturated heterocycles. The van der Waals surface area contributed by atoms with Crippen LogP contribution in [0.3, 0.4) is 0 Å². The number of hydrogen-bond acceptors (Lipinski definition) is 6. The molecule has 112 valence electrons.